The minimum Gasteiger partial charge on any atom is -0.477 e. The van der Waals surface area contributed by atoms with Crippen LogP contribution < -0.4 is 10.1 Å². The number of benzene rings is 1. The van der Waals surface area contributed by atoms with E-state index in [1.54, 1.807) is 6.20 Å². The fraction of sp³-hybridized carbons (Fsp3) is 0.267. The highest BCUT2D eigenvalue weighted by Crippen LogP contribution is 2.25. The first-order valence-electron chi connectivity index (χ1n) is 6.44. The molecule has 0 aliphatic heterocycles. The number of nitrogens with one attached hydrogen (secondary N) is 1. The summed E-state index contributed by atoms with van der Waals surface area (Å²) in [7, 11) is 0. The zero-order chi connectivity index (χ0) is 14.2. The second kappa shape index (κ2) is 8.39. The van der Waals surface area contributed by atoms with Gasteiger partial charge in [0.2, 0.25) is 5.88 Å². The summed E-state index contributed by atoms with van der Waals surface area (Å²) in [6.45, 7) is 2.46. The van der Waals surface area contributed by atoms with E-state index < -0.39 is 0 Å². The van der Waals surface area contributed by atoms with Crippen molar-refractivity contribution in [2.45, 2.75) is 13.0 Å². The number of rotatable bonds is 7. The molecular formula is C15H16Br2N2O. The summed E-state index contributed by atoms with van der Waals surface area (Å²) in [5.41, 5.74) is 1.30. The van der Waals surface area contributed by atoms with Crippen LogP contribution in [-0.4, -0.2) is 18.1 Å². The number of hydrogen-bond acceptors (Lipinski definition) is 3. The number of ether oxygens (including phenoxy) is 1. The molecule has 0 saturated heterocycles. The van der Waals surface area contributed by atoms with Gasteiger partial charge >= 0.3 is 0 Å². The van der Waals surface area contributed by atoms with Gasteiger partial charge in [-0.1, -0.05) is 30.3 Å². The van der Waals surface area contributed by atoms with E-state index in [-0.39, 0.29) is 0 Å². The Morgan fingerprint density at radius 2 is 1.95 bits per heavy atom. The first kappa shape index (κ1) is 15.5. The second-order valence-electron chi connectivity index (χ2n) is 4.30. The summed E-state index contributed by atoms with van der Waals surface area (Å²) in [5.74, 6) is 0.635. The fourth-order valence-electron chi connectivity index (χ4n) is 1.70. The lowest BCUT2D eigenvalue weighted by atomic mass is 10.2. The van der Waals surface area contributed by atoms with Crippen LogP contribution >= 0.6 is 31.9 Å². The molecule has 1 aromatic heterocycles. The van der Waals surface area contributed by atoms with Crippen LogP contribution in [0.1, 0.15) is 12.0 Å². The molecule has 3 nitrogen and oxygen atoms in total. The molecule has 5 heteroatoms. The molecule has 0 bridgehead atoms. The Balaban J connectivity index is 1.62. The topological polar surface area (TPSA) is 34.1 Å². The average molecular weight is 400 g/mol. The molecule has 2 rings (SSSR count). The second-order valence-corrected chi connectivity index (χ2v) is 6.07. The van der Waals surface area contributed by atoms with E-state index in [4.69, 9.17) is 4.74 Å². The molecule has 0 radical (unpaired) electrons. The summed E-state index contributed by atoms with van der Waals surface area (Å²) in [4.78, 5) is 4.21. The van der Waals surface area contributed by atoms with E-state index in [9.17, 15) is 0 Å². The molecule has 0 spiro atoms. The highest BCUT2D eigenvalue weighted by molar-refractivity contribution is 9.11. The van der Waals surface area contributed by atoms with Gasteiger partial charge in [-0.15, -0.1) is 0 Å². The quantitative estimate of drug-likeness (QED) is 0.709. The van der Waals surface area contributed by atoms with Crippen LogP contribution in [-0.2, 0) is 6.54 Å². The summed E-state index contributed by atoms with van der Waals surface area (Å²) in [6.07, 6.45) is 2.67. The smallest absolute Gasteiger partial charge is 0.228 e. The summed E-state index contributed by atoms with van der Waals surface area (Å²) in [6, 6.07) is 12.3. The van der Waals surface area contributed by atoms with Gasteiger partial charge in [0.1, 0.15) is 0 Å². The molecule has 0 saturated carbocycles. The molecule has 1 N–H and O–H groups in total. The van der Waals surface area contributed by atoms with Crippen LogP contribution in [0.25, 0.3) is 0 Å². The lowest BCUT2D eigenvalue weighted by molar-refractivity contribution is 0.294. The number of aromatic nitrogens is 1. The summed E-state index contributed by atoms with van der Waals surface area (Å²) >= 11 is 6.79. The van der Waals surface area contributed by atoms with Crippen molar-refractivity contribution < 1.29 is 4.74 Å². The zero-order valence-corrected chi connectivity index (χ0v) is 14.2. The Kier molecular flexibility index (Phi) is 6.50. The van der Waals surface area contributed by atoms with Gasteiger partial charge in [-0.3, -0.25) is 0 Å². The molecule has 0 unspecified atom stereocenters. The Hall–Kier alpha value is -0.910. The molecular weight excluding hydrogens is 384 g/mol. The Labute approximate surface area is 136 Å². The maximum absolute atomic E-state index is 5.63. The van der Waals surface area contributed by atoms with Crippen LogP contribution in [0.2, 0.25) is 0 Å². The van der Waals surface area contributed by atoms with Crippen molar-refractivity contribution in [2.24, 2.45) is 0 Å². The highest BCUT2D eigenvalue weighted by Gasteiger charge is 2.02. The van der Waals surface area contributed by atoms with Crippen molar-refractivity contribution in [1.29, 1.82) is 0 Å². The summed E-state index contributed by atoms with van der Waals surface area (Å²) in [5, 5.41) is 3.39. The van der Waals surface area contributed by atoms with Gasteiger partial charge in [-0.25, -0.2) is 4.98 Å². The predicted octanol–water partition coefficient (Wildman–Crippen LogP) is 4.17. The van der Waals surface area contributed by atoms with Crippen LogP contribution in [0, 0.1) is 0 Å². The summed E-state index contributed by atoms with van der Waals surface area (Å²) < 4.78 is 7.42. The molecule has 1 aromatic carbocycles. The molecule has 0 fully saturated rings. The average Bonchev–Trinajstić information content (AvgIpc) is 2.46. The SMILES string of the molecule is Brc1cnc(OCCCNCc2ccccc2)c(Br)c1. The Bertz CT molecular complexity index is 535. The van der Waals surface area contributed by atoms with Gasteiger partial charge in [0, 0.05) is 17.2 Å². The molecule has 106 valence electrons. The number of hydrogen-bond donors (Lipinski definition) is 1. The largest absolute Gasteiger partial charge is 0.477 e. The molecule has 0 aliphatic rings. The van der Waals surface area contributed by atoms with E-state index >= 15 is 0 Å². The maximum atomic E-state index is 5.63. The van der Waals surface area contributed by atoms with Crippen molar-refractivity contribution >= 4 is 31.9 Å². The van der Waals surface area contributed by atoms with Crippen LogP contribution in [0.3, 0.4) is 0 Å². The van der Waals surface area contributed by atoms with E-state index in [1.807, 2.05) is 12.1 Å². The lowest BCUT2D eigenvalue weighted by Gasteiger charge is -2.08. The lowest BCUT2D eigenvalue weighted by Crippen LogP contribution is -2.17. The number of halogens is 2. The number of pyridine rings is 1. The molecule has 0 amide bonds. The van der Waals surface area contributed by atoms with Gasteiger partial charge in [0.25, 0.3) is 0 Å². The monoisotopic (exact) mass is 398 g/mol. The first-order chi connectivity index (χ1) is 9.75. The first-order valence-corrected chi connectivity index (χ1v) is 8.03. The van der Waals surface area contributed by atoms with Crippen molar-refractivity contribution in [1.82, 2.24) is 10.3 Å². The van der Waals surface area contributed by atoms with Gasteiger partial charge < -0.3 is 10.1 Å². The third kappa shape index (κ3) is 5.23. The maximum Gasteiger partial charge on any atom is 0.228 e. The number of nitrogens with zero attached hydrogens (tertiary/aromatic N) is 1. The van der Waals surface area contributed by atoms with Crippen LogP contribution in [0.15, 0.2) is 51.5 Å². The molecule has 1 heterocycles. The van der Waals surface area contributed by atoms with Gasteiger partial charge in [-0.05, 0) is 56.5 Å². The Morgan fingerprint density at radius 1 is 1.15 bits per heavy atom. The highest BCUT2D eigenvalue weighted by atomic mass is 79.9. The van der Waals surface area contributed by atoms with Crippen molar-refractivity contribution in [2.75, 3.05) is 13.2 Å². The molecule has 20 heavy (non-hydrogen) atoms. The van der Waals surface area contributed by atoms with Gasteiger partial charge in [0.15, 0.2) is 0 Å². The molecule has 0 atom stereocenters. The minimum atomic E-state index is 0.635. The zero-order valence-electron chi connectivity index (χ0n) is 11.0. The van der Waals surface area contributed by atoms with E-state index in [0.717, 1.165) is 28.5 Å². The van der Waals surface area contributed by atoms with Crippen molar-refractivity contribution in [3.63, 3.8) is 0 Å². The predicted molar refractivity (Wildman–Crippen MR) is 87.9 cm³/mol. The van der Waals surface area contributed by atoms with Crippen molar-refractivity contribution in [3.05, 3.63) is 57.1 Å². The van der Waals surface area contributed by atoms with E-state index in [1.165, 1.54) is 5.56 Å². The molecule has 0 aliphatic carbocycles. The van der Waals surface area contributed by atoms with E-state index in [0.29, 0.717) is 12.5 Å². The van der Waals surface area contributed by atoms with Crippen molar-refractivity contribution in [3.8, 4) is 5.88 Å². The van der Waals surface area contributed by atoms with Gasteiger partial charge in [0.05, 0.1) is 11.1 Å². The van der Waals surface area contributed by atoms with Crippen LogP contribution in [0.5, 0.6) is 5.88 Å². The standard InChI is InChI=1S/C15H16Br2N2O/c16-13-9-14(17)15(19-11-13)20-8-4-7-18-10-12-5-2-1-3-6-12/h1-3,5-6,9,11,18H,4,7-8,10H2. The third-order valence-corrected chi connectivity index (χ3v) is 3.68. The molecule has 2 aromatic rings. The fourth-order valence-corrected chi connectivity index (χ4v) is 2.80. The van der Waals surface area contributed by atoms with E-state index in [2.05, 4.69) is 66.4 Å². The normalized spacial score (nSPS) is 10.5. The minimum absolute atomic E-state index is 0.635. The Morgan fingerprint density at radius 3 is 2.70 bits per heavy atom. The third-order valence-electron chi connectivity index (χ3n) is 2.68. The van der Waals surface area contributed by atoms with Crippen LogP contribution in [0.4, 0.5) is 0 Å². The van der Waals surface area contributed by atoms with Gasteiger partial charge in [-0.2, -0.15) is 0 Å².